The number of fused-ring (bicyclic) bond motifs is 1. The Kier molecular flexibility index (Phi) is 5.77. The Bertz CT molecular complexity index is 1190. The normalized spacial score (nSPS) is 17.9. The minimum Gasteiger partial charge on any atom is -0.478 e. The first-order valence-corrected chi connectivity index (χ1v) is 11.6. The molecule has 33 heavy (non-hydrogen) atoms. The van der Waals surface area contributed by atoms with Crippen molar-refractivity contribution in [3.63, 3.8) is 0 Å². The lowest BCUT2D eigenvalue weighted by Crippen LogP contribution is -2.24. The molecule has 6 nitrogen and oxygen atoms in total. The minimum absolute atomic E-state index is 0.176. The third-order valence-electron chi connectivity index (χ3n) is 6.98. The van der Waals surface area contributed by atoms with Crippen LogP contribution in [-0.4, -0.2) is 47.6 Å². The van der Waals surface area contributed by atoms with Gasteiger partial charge in [-0.3, -0.25) is 9.88 Å². The molecule has 2 aliphatic heterocycles. The number of hydrogen-bond donors (Lipinski definition) is 2. The van der Waals surface area contributed by atoms with E-state index in [0.29, 0.717) is 12.2 Å². The number of carboxylic acid groups (broad SMARTS) is 1. The number of carboxylic acids is 1. The van der Waals surface area contributed by atoms with Crippen molar-refractivity contribution in [1.82, 2.24) is 9.88 Å². The van der Waals surface area contributed by atoms with E-state index in [0.717, 1.165) is 19.6 Å². The summed E-state index contributed by atoms with van der Waals surface area (Å²) in [5.41, 5.74) is 8.59. The van der Waals surface area contributed by atoms with Crippen LogP contribution in [0.3, 0.4) is 0 Å². The quantitative estimate of drug-likeness (QED) is 0.563. The molecular weight excluding hydrogens is 412 g/mol. The van der Waals surface area contributed by atoms with E-state index in [2.05, 4.69) is 70.5 Å². The molecule has 1 aromatic heterocycles. The Morgan fingerprint density at radius 1 is 1.15 bits per heavy atom. The summed E-state index contributed by atoms with van der Waals surface area (Å²) in [5, 5.41) is 12.7. The predicted molar refractivity (Wildman–Crippen MR) is 132 cm³/mol. The number of rotatable bonds is 6. The lowest BCUT2D eigenvalue weighted by molar-refractivity contribution is 0.0697. The van der Waals surface area contributed by atoms with Gasteiger partial charge in [-0.2, -0.15) is 0 Å². The highest BCUT2D eigenvalue weighted by Gasteiger charge is 2.28. The average Bonchev–Trinajstić information content (AvgIpc) is 3.45. The number of carbonyl (C=O) groups is 1. The SMILES string of the molecule is Cc1cc(N2CCCC2)ccc1-c1ccc2c(c1)CN(C)[C@@H]2CNc1cnccc1C(=O)O. The topological polar surface area (TPSA) is 68.7 Å². The summed E-state index contributed by atoms with van der Waals surface area (Å²) >= 11 is 0. The van der Waals surface area contributed by atoms with Gasteiger partial charge >= 0.3 is 5.97 Å². The Balaban J connectivity index is 1.36. The van der Waals surface area contributed by atoms with Gasteiger partial charge in [0.1, 0.15) is 0 Å². The molecule has 170 valence electrons. The summed E-state index contributed by atoms with van der Waals surface area (Å²) < 4.78 is 0. The number of likely N-dealkylation sites (N-methyl/N-ethyl adjacent to an activating group) is 1. The largest absolute Gasteiger partial charge is 0.478 e. The van der Waals surface area contributed by atoms with Crippen LogP contribution in [0.25, 0.3) is 11.1 Å². The zero-order valence-corrected chi connectivity index (χ0v) is 19.2. The van der Waals surface area contributed by atoms with Gasteiger partial charge in [-0.05, 0) is 78.9 Å². The summed E-state index contributed by atoms with van der Waals surface area (Å²) in [7, 11) is 2.11. The molecule has 0 radical (unpaired) electrons. The fourth-order valence-electron chi connectivity index (χ4n) is 5.19. The zero-order chi connectivity index (χ0) is 22.9. The van der Waals surface area contributed by atoms with E-state index in [9.17, 15) is 9.90 Å². The van der Waals surface area contributed by atoms with Crippen molar-refractivity contribution in [3.05, 3.63) is 77.1 Å². The number of aromatic carboxylic acids is 1. The van der Waals surface area contributed by atoms with Crippen LogP contribution < -0.4 is 10.2 Å². The summed E-state index contributed by atoms with van der Waals surface area (Å²) in [6, 6.07) is 15.3. The van der Waals surface area contributed by atoms with Crippen LogP contribution in [0.1, 0.15) is 45.9 Å². The van der Waals surface area contributed by atoms with E-state index in [4.69, 9.17) is 0 Å². The molecule has 0 spiro atoms. The van der Waals surface area contributed by atoms with Gasteiger partial charge in [-0.15, -0.1) is 0 Å². The molecule has 0 saturated carbocycles. The number of hydrogen-bond acceptors (Lipinski definition) is 5. The predicted octanol–water partition coefficient (Wildman–Crippen LogP) is 4.95. The first-order chi connectivity index (χ1) is 16.0. The first kappa shape index (κ1) is 21.5. The van der Waals surface area contributed by atoms with Crippen LogP contribution in [0.15, 0.2) is 54.9 Å². The van der Waals surface area contributed by atoms with Gasteiger partial charge < -0.3 is 15.3 Å². The second kappa shape index (κ2) is 8.87. The van der Waals surface area contributed by atoms with Crippen LogP contribution in [-0.2, 0) is 6.54 Å². The Morgan fingerprint density at radius 2 is 1.97 bits per heavy atom. The van der Waals surface area contributed by atoms with Crippen molar-refractivity contribution < 1.29 is 9.90 Å². The van der Waals surface area contributed by atoms with Crippen molar-refractivity contribution in [2.45, 2.75) is 32.4 Å². The van der Waals surface area contributed by atoms with E-state index >= 15 is 0 Å². The molecule has 0 bridgehead atoms. The Morgan fingerprint density at radius 3 is 2.73 bits per heavy atom. The standard InChI is InChI=1S/C27H30N4O2/c1-18-13-21(31-11-3-4-12-31)6-8-22(18)19-5-7-23-20(14-19)17-30(2)26(23)16-29-25-15-28-10-9-24(25)27(32)33/h5-10,13-15,26,29H,3-4,11-12,16-17H2,1-2H3,(H,32,33)/t26-/m1/s1. The van der Waals surface area contributed by atoms with Crippen LogP contribution >= 0.6 is 0 Å². The van der Waals surface area contributed by atoms with Crippen molar-refractivity contribution >= 4 is 17.3 Å². The molecule has 5 rings (SSSR count). The summed E-state index contributed by atoms with van der Waals surface area (Å²) in [5.74, 6) is -0.948. The maximum absolute atomic E-state index is 11.5. The van der Waals surface area contributed by atoms with E-state index < -0.39 is 5.97 Å². The number of nitrogens with one attached hydrogen (secondary N) is 1. The van der Waals surface area contributed by atoms with E-state index in [1.165, 1.54) is 58.6 Å². The second-order valence-corrected chi connectivity index (χ2v) is 9.15. The maximum atomic E-state index is 11.5. The monoisotopic (exact) mass is 442 g/mol. The molecular formula is C27H30N4O2. The van der Waals surface area contributed by atoms with Gasteiger partial charge in [0, 0.05) is 38.1 Å². The molecule has 2 aromatic carbocycles. The summed E-state index contributed by atoms with van der Waals surface area (Å²) in [6.45, 7) is 6.02. The number of pyridine rings is 1. The smallest absolute Gasteiger partial charge is 0.337 e. The van der Waals surface area contributed by atoms with Crippen LogP contribution in [0.4, 0.5) is 11.4 Å². The third-order valence-corrected chi connectivity index (χ3v) is 6.98. The van der Waals surface area contributed by atoms with Gasteiger partial charge in [-0.25, -0.2) is 4.79 Å². The molecule has 1 fully saturated rings. The second-order valence-electron chi connectivity index (χ2n) is 9.15. The molecule has 0 aliphatic carbocycles. The molecule has 3 aromatic rings. The number of aromatic nitrogens is 1. The molecule has 2 N–H and O–H groups in total. The van der Waals surface area contributed by atoms with Crippen molar-refractivity contribution in [2.75, 3.05) is 36.9 Å². The summed E-state index contributed by atoms with van der Waals surface area (Å²) in [4.78, 5) is 20.4. The number of anilines is 2. The molecule has 3 heterocycles. The fraction of sp³-hybridized carbons (Fsp3) is 0.333. The highest BCUT2D eigenvalue weighted by molar-refractivity contribution is 5.93. The van der Waals surface area contributed by atoms with Gasteiger partial charge in [0.15, 0.2) is 0 Å². The van der Waals surface area contributed by atoms with Gasteiger partial charge in [-0.1, -0.05) is 18.2 Å². The van der Waals surface area contributed by atoms with Gasteiger partial charge in [0.25, 0.3) is 0 Å². The van der Waals surface area contributed by atoms with Gasteiger partial charge in [0.05, 0.1) is 23.5 Å². The molecule has 1 saturated heterocycles. The Labute approximate surface area is 194 Å². The molecule has 6 heteroatoms. The lowest BCUT2D eigenvalue weighted by Gasteiger charge is -2.22. The van der Waals surface area contributed by atoms with Crippen LogP contribution in [0, 0.1) is 6.92 Å². The number of benzene rings is 2. The number of aryl methyl sites for hydroxylation is 1. The Hall–Kier alpha value is -3.38. The molecule has 0 amide bonds. The molecule has 1 atom stereocenters. The van der Waals surface area contributed by atoms with Crippen molar-refractivity contribution in [2.24, 2.45) is 0 Å². The zero-order valence-electron chi connectivity index (χ0n) is 19.2. The van der Waals surface area contributed by atoms with E-state index in [-0.39, 0.29) is 11.6 Å². The van der Waals surface area contributed by atoms with E-state index in [1.807, 2.05) is 0 Å². The molecule has 0 unspecified atom stereocenters. The lowest BCUT2D eigenvalue weighted by atomic mass is 9.95. The highest BCUT2D eigenvalue weighted by Crippen LogP contribution is 2.37. The number of nitrogens with zero attached hydrogens (tertiary/aromatic N) is 3. The third kappa shape index (κ3) is 4.18. The maximum Gasteiger partial charge on any atom is 0.337 e. The minimum atomic E-state index is -0.948. The van der Waals surface area contributed by atoms with Crippen LogP contribution in [0.2, 0.25) is 0 Å². The highest BCUT2D eigenvalue weighted by atomic mass is 16.4. The summed E-state index contributed by atoms with van der Waals surface area (Å²) in [6.07, 6.45) is 5.66. The van der Waals surface area contributed by atoms with Gasteiger partial charge in [0.2, 0.25) is 0 Å². The van der Waals surface area contributed by atoms with E-state index in [1.54, 1.807) is 6.20 Å². The van der Waals surface area contributed by atoms with Crippen LogP contribution in [0.5, 0.6) is 0 Å². The first-order valence-electron chi connectivity index (χ1n) is 11.6. The van der Waals surface area contributed by atoms with Crippen molar-refractivity contribution in [1.29, 1.82) is 0 Å². The fourth-order valence-corrected chi connectivity index (χ4v) is 5.19. The average molecular weight is 443 g/mol. The molecule has 2 aliphatic rings. The van der Waals surface area contributed by atoms with Crippen molar-refractivity contribution in [3.8, 4) is 11.1 Å².